The van der Waals surface area contributed by atoms with Crippen molar-refractivity contribution in [3.8, 4) is 17.2 Å². The Morgan fingerprint density at radius 2 is 1.42 bits per heavy atom. The molecule has 7 nitrogen and oxygen atoms in total. The lowest BCUT2D eigenvalue weighted by Crippen LogP contribution is -2.48. The average molecular weight is 506 g/mol. The average Bonchev–Trinajstić information content (AvgIpc) is 2.84. The van der Waals surface area contributed by atoms with Crippen LogP contribution in [0.2, 0.25) is 0 Å². The second-order valence-corrected chi connectivity index (χ2v) is 7.52. The second kappa shape index (κ2) is 12.0. The molecule has 3 aromatic carbocycles. The molecule has 0 saturated heterocycles. The Labute approximate surface area is 203 Å². The molecule has 0 spiro atoms. The molecule has 2 amide bonds. The van der Waals surface area contributed by atoms with Gasteiger partial charge in [-0.3, -0.25) is 9.59 Å². The fourth-order valence-corrected chi connectivity index (χ4v) is 3.13. The number of hydrogen-bond donors (Lipinski definition) is 3. The first-order valence-electron chi connectivity index (χ1n) is 10.7. The molecule has 0 radical (unpaired) electrons. The van der Waals surface area contributed by atoms with E-state index in [1.807, 2.05) is 0 Å². The number of hydrogen-bond acceptors (Lipinski definition) is 5. The highest BCUT2D eigenvalue weighted by Crippen LogP contribution is 2.24. The molecule has 0 bridgehead atoms. The summed E-state index contributed by atoms with van der Waals surface area (Å²) < 4.78 is 59.5. The van der Waals surface area contributed by atoms with E-state index in [1.54, 1.807) is 0 Å². The van der Waals surface area contributed by atoms with E-state index in [0.29, 0.717) is 17.1 Å². The minimum absolute atomic E-state index is 0.0267. The van der Waals surface area contributed by atoms with Gasteiger partial charge in [0.15, 0.2) is 0 Å². The molecule has 0 saturated carbocycles. The predicted molar refractivity (Wildman–Crippen MR) is 121 cm³/mol. The van der Waals surface area contributed by atoms with E-state index in [-0.39, 0.29) is 25.1 Å². The van der Waals surface area contributed by atoms with Crippen LogP contribution in [0.1, 0.15) is 15.9 Å². The number of aliphatic hydroxyl groups excluding tert-OH is 1. The van der Waals surface area contributed by atoms with Gasteiger partial charge in [-0.2, -0.15) is 0 Å². The Morgan fingerprint density at radius 1 is 0.861 bits per heavy atom. The molecular formula is C25H22F4N2O5. The number of halogens is 4. The van der Waals surface area contributed by atoms with Gasteiger partial charge in [0.25, 0.3) is 5.91 Å². The topological polar surface area (TPSA) is 96.9 Å². The molecule has 0 aliphatic heterocycles. The number of ether oxygens (including phenoxy) is 2. The third-order valence-electron chi connectivity index (χ3n) is 4.80. The molecule has 0 aliphatic carbocycles. The van der Waals surface area contributed by atoms with Crippen LogP contribution in [-0.4, -0.2) is 42.5 Å². The first-order valence-corrected chi connectivity index (χ1v) is 10.7. The van der Waals surface area contributed by atoms with Crippen LogP contribution < -0.4 is 20.1 Å². The summed E-state index contributed by atoms with van der Waals surface area (Å²) in [5, 5.41) is 14.0. The first kappa shape index (κ1) is 26.5. The Hall–Kier alpha value is -4.12. The second-order valence-electron chi connectivity index (χ2n) is 7.52. The van der Waals surface area contributed by atoms with Gasteiger partial charge in [0, 0.05) is 18.5 Å². The molecule has 3 rings (SSSR count). The van der Waals surface area contributed by atoms with Gasteiger partial charge in [0.1, 0.15) is 29.1 Å². The van der Waals surface area contributed by atoms with E-state index >= 15 is 0 Å². The SMILES string of the molecule is O=C(NC(Cc1ccc(OC(F)(F)F)cc1)C(=O)NCCO)c1ccc(Oc2ccc(F)cc2)cc1. The zero-order valence-electron chi connectivity index (χ0n) is 18.7. The molecule has 1 unspecified atom stereocenters. The van der Waals surface area contributed by atoms with Gasteiger partial charge in [0.2, 0.25) is 5.91 Å². The third kappa shape index (κ3) is 8.27. The fourth-order valence-electron chi connectivity index (χ4n) is 3.13. The van der Waals surface area contributed by atoms with Crippen LogP contribution in [0, 0.1) is 5.82 Å². The summed E-state index contributed by atoms with van der Waals surface area (Å²) >= 11 is 0. The summed E-state index contributed by atoms with van der Waals surface area (Å²) in [4.78, 5) is 25.3. The molecule has 36 heavy (non-hydrogen) atoms. The maximum absolute atomic E-state index is 13.0. The van der Waals surface area contributed by atoms with E-state index in [2.05, 4.69) is 15.4 Å². The Morgan fingerprint density at radius 3 is 1.97 bits per heavy atom. The van der Waals surface area contributed by atoms with Crippen LogP contribution in [0.5, 0.6) is 17.2 Å². The fraction of sp³-hybridized carbons (Fsp3) is 0.200. The Kier molecular flexibility index (Phi) is 8.85. The van der Waals surface area contributed by atoms with Crippen LogP contribution in [0.15, 0.2) is 72.8 Å². The molecule has 3 N–H and O–H groups in total. The van der Waals surface area contributed by atoms with Gasteiger partial charge in [-0.25, -0.2) is 4.39 Å². The van der Waals surface area contributed by atoms with Crippen LogP contribution in [0.3, 0.4) is 0 Å². The van der Waals surface area contributed by atoms with Crippen molar-refractivity contribution in [3.63, 3.8) is 0 Å². The number of alkyl halides is 3. The summed E-state index contributed by atoms with van der Waals surface area (Å²) in [6, 6.07) is 15.2. The van der Waals surface area contributed by atoms with Crippen molar-refractivity contribution in [2.24, 2.45) is 0 Å². The molecule has 190 valence electrons. The van der Waals surface area contributed by atoms with Crippen LogP contribution in [0.4, 0.5) is 17.6 Å². The smallest absolute Gasteiger partial charge is 0.457 e. The zero-order valence-corrected chi connectivity index (χ0v) is 18.7. The summed E-state index contributed by atoms with van der Waals surface area (Å²) in [6.45, 7) is -0.357. The van der Waals surface area contributed by atoms with Gasteiger partial charge in [-0.15, -0.1) is 13.2 Å². The Balaban J connectivity index is 1.67. The van der Waals surface area contributed by atoms with Crippen molar-refractivity contribution in [1.29, 1.82) is 0 Å². The predicted octanol–water partition coefficient (Wildman–Crippen LogP) is 3.97. The molecule has 3 aromatic rings. The summed E-state index contributed by atoms with van der Waals surface area (Å²) in [5.74, 6) is -1.18. The van der Waals surface area contributed by atoms with Gasteiger partial charge in [-0.1, -0.05) is 12.1 Å². The number of rotatable bonds is 10. The number of nitrogens with one attached hydrogen (secondary N) is 2. The van der Waals surface area contributed by atoms with E-state index < -0.39 is 35.8 Å². The highest BCUT2D eigenvalue weighted by atomic mass is 19.4. The van der Waals surface area contributed by atoms with Crippen LogP contribution in [0.25, 0.3) is 0 Å². The lowest BCUT2D eigenvalue weighted by atomic mass is 10.0. The molecule has 0 fully saturated rings. The molecule has 0 heterocycles. The normalized spacial score (nSPS) is 11.9. The van der Waals surface area contributed by atoms with Crippen LogP contribution >= 0.6 is 0 Å². The van der Waals surface area contributed by atoms with Crippen molar-refractivity contribution in [2.75, 3.05) is 13.2 Å². The number of carbonyl (C=O) groups is 2. The molecule has 0 aliphatic rings. The van der Waals surface area contributed by atoms with E-state index in [4.69, 9.17) is 9.84 Å². The zero-order chi connectivity index (χ0) is 26.1. The maximum Gasteiger partial charge on any atom is 0.573 e. The third-order valence-corrected chi connectivity index (χ3v) is 4.80. The molecular weight excluding hydrogens is 484 g/mol. The summed E-state index contributed by atoms with van der Waals surface area (Å²) in [6.07, 6.45) is -4.86. The van der Waals surface area contributed by atoms with Crippen LogP contribution in [-0.2, 0) is 11.2 Å². The van der Waals surface area contributed by atoms with Gasteiger partial charge < -0.3 is 25.2 Å². The molecule has 11 heteroatoms. The van der Waals surface area contributed by atoms with Crippen molar-refractivity contribution in [3.05, 3.63) is 89.7 Å². The Bertz CT molecular complexity index is 1150. The van der Waals surface area contributed by atoms with Gasteiger partial charge in [0.05, 0.1) is 6.61 Å². The van der Waals surface area contributed by atoms with Gasteiger partial charge in [-0.05, 0) is 66.2 Å². The lowest BCUT2D eigenvalue weighted by molar-refractivity contribution is -0.274. The molecule has 1 atom stereocenters. The van der Waals surface area contributed by atoms with Crippen molar-refractivity contribution < 1.29 is 41.7 Å². The number of benzene rings is 3. The van der Waals surface area contributed by atoms with Crippen molar-refractivity contribution in [1.82, 2.24) is 10.6 Å². The summed E-state index contributed by atoms with van der Waals surface area (Å²) in [5.41, 5.74) is 0.687. The first-order chi connectivity index (χ1) is 17.1. The quantitative estimate of drug-likeness (QED) is 0.362. The van der Waals surface area contributed by atoms with Gasteiger partial charge >= 0.3 is 6.36 Å². The summed E-state index contributed by atoms with van der Waals surface area (Å²) in [7, 11) is 0. The standard InChI is InChI=1S/C25H22F4N2O5/c26-18-5-11-20(12-6-18)35-19-9-3-17(4-10-19)23(33)31-22(24(34)30-13-14-32)15-16-1-7-21(8-2-16)36-25(27,28)29/h1-12,22,32H,13-15H2,(H,30,34)(H,31,33). The lowest BCUT2D eigenvalue weighted by Gasteiger charge is -2.19. The monoisotopic (exact) mass is 506 g/mol. The minimum Gasteiger partial charge on any atom is -0.457 e. The minimum atomic E-state index is -4.83. The maximum atomic E-state index is 13.0. The van der Waals surface area contributed by atoms with Crippen molar-refractivity contribution in [2.45, 2.75) is 18.8 Å². The largest absolute Gasteiger partial charge is 0.573 e. The van der Waals surface area contributed by atoms with E-state index in [1.165, 1.54) is 60.7 Å². The highest BCUT2D eigenvalue weighted by Gasteiger charge is 2.31. The van der Waals surface area contributed by atoms with E-state index in [0.717, 1.165) is 12.1 Å². The molecule has 0 aromatic heterocycles. The number of amides is 2. The number of carbonyl (C=O) groups excluding carboxylic acids is 2. The number of aliphatic hydroxyl groups is 1. The van der Waals surface area contributed by atoms with Crippen molar-refractivity contribution >= 4 is 11.8 Å². The van der Waals surface area contributed by atoms with E-state index in [9.17, 15) is 27.2 Å². The highest BCUT2D eigenvalue weighted by molar-refractivity contribution is 5.97.